The highest BCUT2D eigenvalue weighted by molar-refractivity contribution is 5.72. The van der Waals surface area contributed by atoms with Gasteiger partial charge in [0.05, 0.1) is 0 Å². The Bertz CT molecular complexity index is 559. The van der Waals surface area contributed by atoms with Crippen molar-refractivity contribution in [3.05, 3.63) is 47.5 Å². The molecule has 2 aromatic rings. The molecule has 0 fully saturated rings. The van der Waals surface area contributed by atoms with Gasteiger partial charge in [-0.3, -0.25) is 0 Å². The topological polar surface area (TPSA) is 40.5 Å². The summed E-state index contributed by atoms with van der Waals surface area (Å²) in [4.78, 5) is 0. The molecule has 0 aliphatic heterocycles. The minimum Gasteiger partial charge on any atom is -0.508 e. The molecule has 94 valence electrons. The third kappa shape index (κ3) is 2.33. The van der Waals surface area contributed by atoms with Crippen molar-refractivity contribution < 1.29 is 10.2 Å². The molecule has 18 heavy (non-hydrogen) atoms. The summed E-state index contributed by atoms with van der Waals surface area (Å²) >= 11 is 0. The van der Waals surface area contributed by atoms with E-state index in [1.807, 2.05) is 31.2 Å². The molecule has 0 saturated carbocycles. The van der Waals surface area contributed by atoms with E-state index in [0.717, 1.165) is 35.1 Å². The summed E-state index contributed by atoms with van der Waals surface area (Å²) in [6, 6.07) is 11.2. The van der Waals surface area contributed by atoms with Gasteiger partial charge in [-0.2, -0.15) is 0 Å². The second-order valence-electron chi connectivity index (χ2n) is 4.40. The molecule has 0 heterocycles. The predicted molar refractivity (Wildman–Crippen MR) is 74.0 cm³/mol. The van der Waals surface area contributed by atoms with Crippen molar-refractivity contribution in [3.63, 3.8) is 0 Å². The highest BCUT2D eigenvalue weighted by atomic mass is 16.3. The standard InChI is InChI=1S/C16H18O2/c1-3-11-5-8-14(16(18)9-11)13-7-6-12(4-2)15(17)10-13/h5-10,17-18H,3-4H2,1-2H3. The molecule has 2 aromatic carbocycles. The van der Waals surface area contributed by atoms with Gasteiger partial charge in [-0.1, -0.05) is 38.1 Å². The quantitative estimate of drug-likeness (QED) is 0.857. The zero-order chi connectivity index (χ0) is 13.1. The van der Waals surface area contributed by atoms with E-state index in [0.29, 0.717) is 0 Å². The summed E-state index contributed by atoms with van der Waals surface area (Å²) in [6.45, 7) is 4.05. The maximum absolute atomic E-state index is 10.0. The van der Waals surface area contributed by atoms with Gasteiger partial charge in [-0.15, -0.1) is 0 Å². The number of phenols is 2. The SMILES string of the molecule is CCc1ccc(-c2ccc(CC)c(O)c2)c(O)c1. The number of rotatable bonds is 3. The molecular weight excluding hydrogens is 224 g/mol. The summed E-state index contributed by atoms with van der Waals surface area (Å²) < 4.78 is 0. The number of hydrogen-bond donors (Lipinski definition) is 2. The summed E-state index contributed by atoms with van der Waals surface area (Å²) in [7, 11) is 0. The molecule has 0 amide bonds. The lowest BCUT2D eigenvalue weighted by molar-refractivity contribution is 0.468. The Labute approximate surface area is 108 Å². The van der Waals surface area contributed by atoms with Crippen molar-refractivity contribution in [2.75, 3.05) is 0 Å². The van der Waals surface area contributed by atoms with Crippen LogP contribution in [0.2, 0.25) is 0 Å². The van der Waals surface area contributed by atoms with Crippen molar-refractivity contribution in [2.24, 2.45) is 0 Å². The molecule has 0 aliphatic carbocycles. The van der Waals surface area contributed by atoms with Crippen LogP contribution in [0, 0.1) is 0 Å². The van der Waals surface area contributed by atoms with E-state index in [4.69, 9.17) is 0 Å². The van der Waals surface area contributed by atoms with E-state index in [1.165, 1.54) is 0 Å². The number of hydrogen-bond acceptors (Lipinski definition) is 2. The van der Waals surface area contributed by atoms with Gasteiger partial charge in [-0.05, 0) is 41.7 Å². The van der Waals surface area contributed by atoms with Crippen LogP contribution < -0.4 is 0 Å². The molecular formula is C16H18O2. The van der Waals surface area contributed by atoms with Crippen molar-refractivity contribution in [3.8, 4) is 22.6 Å². The second kappa shape index (κ2) is 5.13. The fourth-order valence-electron chi connectivity index (χ4n) is 2.07. The second-order valence-corrected chi connectivity index (χ2v) is 4.40. The normalized spacial score (nSPS) is 10.6. The number of aryl methyl sites for hydroxylation is 2. The van der Waals surface area contributed by atoms with Gasteiger partial charge in [-0.25, -0.2) is 0 Å². The van der Waals surface area contributed by atoms with Gasteiger partial charge in [0.2, 0.25) is 0 Å². The van der Waals surface area contributed by atoms with E-state index >= 15 is 0 Å². The van der Waals surface area contributed by atoms with Gasteiger partial charge in [0.1, 0.15) is 11.5 Å². The van der Waals surface area contributed by atoms with E-state index in [9.17, 15) is 10.2 Å². The lowest BCUT2D eigenvalue weighted by Gasteiger charge is -2.09. The van der Waals surface area contributed by atoms with E-state index in [1.54, 1.807) is 12.1 Å². The number of phenolic OH excluding ortho intramolecular Hbond substituents is 2. The summed E-state index contributed by atoms with van der Waals surface area (Å²) in [5.41, 5.74) is 3.61. The number of benzene rings is 2. The first-order chi connectivity index (χ1) is 8.65. The molecule has 2 heteroatoms. The highest BCUT2D eigenvalue weighted by Crippen LogP contribution is 2.33. The Morgan fingerprint density at radius 3 is 2.17 bits per heavy atom. The van der Waals surface area contributed by atoms with E-state index in [2.05, 4.69) is 6.92 Å². The first-order valence-corrected chi connectivity index (χ1v) is 6.29. The first kappa shape index (κ1) is 12.5. The van der Waals surface area contributed by atoms with Gasteiger partial charge < -0.3 is 10.2 Å². The smallest absolute Gasteiger partial charge is 0.123 e. The molecule has 0 aliphatic rings. The Morgan fingerprint density at radius 2 is 1.61 bits per heavy atom. The van der Waals surface area contributed by atoms with Gasteiger partial charge in [0.15, 0.2) is 0 Å². The molecule has 0 atom stereocenters. The molecule has 0 saturated heterocycles. The predicted octanol–water partition coefficient (Wildman–Crippen LogP) is 3.89. The molecule has 0 radical (unpaired) electrons. The Morgan fingerprint density at radius 1 is 0.833 bits per heavy atom. The third-order valence-corrected chi connectivity index (χ3v) is 3.25. The Hall–Kier alpha value is -1.96. The summed E-state index contributed by atoms with van der Waals surface area (Å²) in [5, 5.41) is 19.9. The fourth-order valence-corrected chi connectivity index (χ4v) is 2.07. The van der Waals surface area contributed by atoms with Crippen LogP contribution in [0.25, 0.3) is 11.1 Å². The lowest BCUT2D eigenvalue weighted by Crippen LogP contribution is -1.86. The average Bonchev–Trinajstić information content (AvgIpc) is 2.38. The molecule has 0 aromatic heterocycles. The minimum atomic E-state index is 0.262. The van der Waals surface area contributed by atoms with Crippen molar-refractivity contribution >= 4 is 0 Å². The van der Waals surface area contributed by atoms with Crippen LogP contribution in [0.4, 0.5) is 0 Å². The van der Waals surface area contributed by atoms with Crippen LogP contribution in [0.1, 0.15) is 25.0 Å². The molecule has 0 spiro atoms. The van der Waals surface area contributed by atoms with Crippen LogP contribution in [-0.2, 0) is 12.8 Å². The maximum Gasteiger partial charge on any atom is 0.123 e. The monoisotopic (exact) mass is 242 g/mol. The van der Waals surface area contributed by atoms with Crippen molar-refractivity contribution in [1.82, 2.24) is 0 Å². The molecule has 0 bridgehead atoms. The van der Waals surface area contributed by atoms with Crippen LogP contribution >= 0.6 is 0 Å². The lowest BCUT2D eigenvalue weighted by atomic mass is 9.99. The molecule has 2 nitrogen and oxygen atoms in total. The Kier molecular flexibility index (Phi) is 3.56. The fraction of sp³-hybridized carbons (Fsp3) is 0.250. The van der Waals surface area contributed by atoms with Crippen molar-refractivity contribution in [1.29, 1.82) is 0 Å². The number of aromatic hydroxyl groups is 2. The molecule has 2 rings (SSSR count). The van der Waals surface area contributed by atoms with E-state index in [-0.39, 0.29) is 11.5 Å². The molecule has 0 unspecified atom stereocenters. The van der Waals surface area contributed by atoms with Crippen LogP contribution in [0.5, 0.6) is 11.5 Å². The average molecular weight is 242 g/mol. The maximum atomic E-state index is 10.0. The zero-order valence-corrected chi connectivity index (χ0v) is 10.8. The van der Waals surface area contributed by atoms with Crippen LogP contribution in [0.15, 0.2) is 36.4 Å². The molecule has 2 N–H and O–H groups in total. The van der Waals surface area contributed by atoms with E-state index < -0.39 is 0 Å². The first-order valence-electron chi connectivity index (χ1n) is 6.29. The summed E-state index contributed by atoms with van der Waals surface area (Å²) in [5.74, 6) is 0.548. The minimum absolute atomic E-state index is 0.262. The van der Waals surface area contributed by atoms with Gasteiger partial charge in [0, 0.05) is 5.56 Å². The zero-order valence-electron chi connectivity index (χ0n) is 10.8. The summed E-state index contributed by atoms with van der Waals surface area (Å²) in [6.07, 6.45) is 1.70. The Balaban J connectivity index is 2.45. The largest absolute Gasteiger partial charge is 0.508 e. The van der Waals surface area contributed by atoms with Crippen molar-refractivity contribution in [2.45, 2.75) is 26.7 Å². The van der Waals surface area contributed by atoms with Crippen LogP contribution in [-0.4, -0.2) is 10.2 Å². The highest BCUT2D eigenvalue weighted by Gasteiger charge is 2.07. The van der Waals surface area contributed by atoms with Gasteiger partial charge >= 0.3 is 0 Å². The third-order valence-electron chi connectivity index (χ3n) is 3.25. The van der Waals surface area contributed by atoms with Gasteiger partial charge in [0.25, 0.3) is 0 Å². The van der Waals surface area contributed by atoms with Crippen LogP contribution in [0.3, 0.4) is 0 Å².